The van der Waals surface area contributed by atoms with Gasteiger partial charge in [0.05, 0.1) is 6.54 Å². The summed E-state index contributed by atoms with van der Waals surface area (Å²) in [6, 6.07) is 10.1. The first kappa shape index (κ1) is 18.3. The lowest BCUT2D eigenvalue weighted by Crippen LogP contribution is -2.49. The normalized spacial score (nSPS) is 16.8. The van der Waals surface area contributed by atoms with Gasteiger partial charge in [-0.15, -0.1) is 11.3 Å². The minimum absolute atomic E-state index is 0.0202. The fraction of sp³-hybridized carbons (Fsp3) is 0.222. The maximum Gasteiger partial charge on any atom is 0.350 e. The van der Waals surface area contributed by atoms with Gasteiger partial charge in [-0.2, -0.15) is 0 Å². The molecule has 4 amide bonds. The van der Waals surface area contributed by atoms with Crippen LogP contribution in [0.2, 0.25) is 5.02 Å². The lowest BCUT2D eigenvalue weighted by molar-refractivity contribution is -0.137. The summed E-state index contributed by atoms with van der Waals surface area (Å²) in [5.41, 5.74) is 0.616. The van der Waals surface area contributed by atoms with Crippen molar-refractivity contribution in [3.05, 3.63) is 57.2 Å². The number of benzene rings is 1. The molecule has 3 rings (SSSR count). The van der Waals surface area contributed by atoms with Crippen LogP contribution in [0.1, 0.15) is 10.4 Å². The number of imide groups is 1. The predicted octanol–water partition coefficient (Wildman–Crippen LogP) is 2.91. The largest absolute Gasteiger partial charge is 0.355 e. The van der Waals surface area contributed by atoms with Crippen molar-refractivity contribution in [1.82, 2.24) is 10.2 Å². The molecule has 1 aromatic carbocycles. The first-order chi connectivity index (χ1) is 12.6. The molecule has 6 nitrogen and oxygen atoms in total. The van der Waals surface area contributed by atoms with Crippen LogP contribution in [0.25, 0.3) is 0 Å². The molecular formula is C18H16ClN3O3S. The molecule has 0 radical (unpaired) electrons. The highest BCUT2D eigenvalue weighted by Crippen LogP contribution is 2.20. The van der Waals surface area contributed by atoms with Crippen LogP contribution in [0.3, 0.4) is 0 Å². The number of halogens is 1. The van der Waals surface area contributed by atoms with Crippen molar-refractivity contribution >= 4 is 47.0 Å². The Morgan fingerprint density at radius 2 is 2.04 bits per heavy atom. The molecule has 0 saturated carbocycles. The summed E-state index contributed by atoms with van der Waals surface area (Å²) in [5, 5.41) is 5.13. The van der Waals surface area contributed by atoms with E-state index in [-0.39, 0.29) is 6.54 Å². The summed E-state index contributed by atoms with van der Waals surface area (Å²) >= 11 is 7.69. The van der Waals surface area contributed by atoms with Gasteiger partial charge in [0.15, 0.2) is 5.92 Å². The van der Waals surface area contributed by atoms with E-state index < -0.39 is 23.8 Å². The van der Waals surface area contributed by atoms with Crippen molar-refractivity contribution in [3.8, 4) is 0 Å². The third kappa shape index (κ3) is 4.17. The zero-order valence-electron chi connectivity index (χ0n) is 13.7. The zero-order valence-corrected chi connectivity index (χ0v) is 15.3. The van der Waals surface area contributed by atoms with Crippen molar-refractivity contribution in [2.45, 2.75) is 13.0 Å². The van der Waals surface area contributed by atoms with Crippen molar-refractivity contribution < 1.29 is 14.4 Å². The number of carbonyl (C=O) groups excluding carboxylic acids is 3. The van der Waals surface area contributed by atoms with E-state index in [0.29, 0.717) is 23.6 Å². The lowest BCUT2D eigenvalue weighted by atomic mass is 10.1. The van der Waals surface area contributed by atoms with Gasteiger partial charge in [0.1, 0.15) is 0 Å². The van der Waals surface area contributed by atoms with Gasteiger partial charge in [-0.3, -0.25) is 14.5 Å². The number of hydrogen-bond acceptors (Lipinski definition) is 4. The third-order valence-corrected chi connectivity index (χ3v) is 5.22. The smallest absolute Gasteiger partial charge is 0.350 e. The number of hydrogen-bond donors (Lipinski definition) is 1. The Kier molecular flexibility index (Phi) is 5.80. The molecule has 1 unspecified atom stereocenters. The maximum atomic E-state index is 12.6. The van der Waals surface area contributed by atoms with Crippen molar-refractivity contribution in [3.63, 3.8) is 0 Å². The molecule has 26 heavy (non-hydrogen) atoms. The number of rotatable bonds is 6. The van der Waals surface area contributed by atoms with E-state index >= 15 is 0 Å². The Labute approximate surface area is 159 Å². The van der Waals surface area contributed by atoms with E-state index in [1.165, 1.54) is 0 Å². The first-order valence-corrected chi connectivity index (χ1v) is 9.25. The average molecular weight is 390 g/mol. The van der Waals surface area contributed by atoms with Gasteiger partial charge >= 0.3 is 6.03 Å². The van der Waals surface area contributed by atoms with Gasteiger partial charge in [-0.1, -0.05) is 35.9 Å². The molecule has 2 heterocycles. The molecule has 0 aliphatic carbocycles. The van der Waals surface area contributed by atoms with Gasteiger partial charge in [0.2, 0.25) is 11.8 Å². The number of aliphatic imine (C=N–C) groups is 1. The Morgan fingerprint density at radius 1 is 1.23 bits per heavy atom. The highest BCUT2D eigenvalue weighted by atomic mass is 35.5. The molecule has 0 spiro atoms. The van der Waals surface area contributed by atoms with E-state index in [4.69, 9.17) is 11.6 Å². The second-order valence-corrected chi connectivity index (χ2v) is 7.11. The van der Waals surface area contributed by atoms with Crippen LogP contribution in [-0.4, -0.2) is 35.5 Å². The number of carbonyl (C=O) groups is 3. The Bertz CT molecular complexity index is 851. The monoisotopic (exact) mass is 389 g/mol. The lowest BCUT2D eigenvalue weighted by Gasteiger charge is -2.25. The van der Waals surface area contributed by atoms with Gasteiger partial charge < -0.3 is 5.32 Å². The molecule has 134 valence electrons. The van der Waals surface area contributed by atoms with Gasteiger partial charge in [0, 0.05) is 22.7 Å². The summed E-state index contributed by atoms with van der Waals surface area (Å²) in [5.74, 6) is -2.18. The quantitative estimate of drug-likeness (QED) is 0.771. The molecule has 2 aromatic rings. The minimum Gasteiger partial charge on any atom is -0.355 e. The van der Waals surface area contributed by atoms with Gasteiger partial charge in [-0.05, 0) is 29.5 Å². The number of amides is 4. The number of nitrogens with zero attached hydrogens (tertiary/aromatic N) is 2. The van der Waals surface area contributed by atoms with E-state index in [0.717, 1.165) is 16.0 Å². The van der Waals surface area contributed by atoms with E-state index in [9.17, 15) is 14.4 Å². The fourth-order valence-electron chi connectivity index (χ4n) is 2.53. The molecule has 0 bridgehead atoms. The highest BCUT2D eigenvalue weighted by molar-refractivity contribution is 7.09. The van der Waals surface area contributed by atoms with Crippen molar-refractivity contribution in [2.75, 3.05) is 6.54 Å². The minimum atomic E-state index is -1.11. The summed E-state index contributed by atoms with van der Waals surface area (Å²) in [6.45, 7) is 0.392. The topological polar surface area (TPSA) is 78.8 Å². The van der Waals surface area contributed by atoms with E-state index in [1.54, 1.807) is 35.6 Å². The number of urea groups is 1. The van der Waals surface area contributed by atoms with Crippen LogP contribution >= 0.6 is 22.9 Å². The SMILES string of the molecule is O=C(NCCc1cccs1)C1C=NC(=O)N(Cc2ccccc2Cl)C1=O. The second kappa shape index (κ2) is 8.25. The fourth-order valence-corrected chi connectivity index (χ4v) is 3.43. The maximum absolute atomic E-state index is 12.6. The van der Waals surface area contributed by atoms with Crippen LogP contribution in [0.15, 0.2) is 46.8 Å². The molecule has 1 N–H and O–H groups in total. The van der Waals surface area contributed by atoms with Crippen LogP contribution in [0, 0.1) is 5.92 Å². The average Bonchev–Trinajstić information content (AvgIpc) is 3.13. The van der Waals surface area contributed by atoms with Crippen LogP contribution < -0.4 is 5.32 Å². The predicted molar refractivity (Wildman–Crippen MR) is 100 cm³/mol. The van der Waals surface area contributed by atoms with Crippen molar-refractivity contribution in [1.29, 1.82) is 0 Å². The molecule has 1 aliphatic rings. The second-order valence-electron chi connectivity index (χ2n) is 5.67. The van der Waals surface area contributed by atoms with Gasteiger partial charge in [0.25, 0.3) is 0 Å². The third-order valence-electron chi connectivity index (χ3n) is 3.92. The van der Waals surface area contributed by atoms with Crippen LogP contribution in [0.4, 0.5) is 4.79 Å². The first-order valence-electron chi connectivity index (χ1n) is 7.99. The molecule has 1 aromatic heterocycles. The molecular weight excluding hydrogens is 374 g/mol. The Morgan fingerprint density at radius 3 is 2.77 bits per heavy atom. The molecule has 0 saturated heterocycles. The Balaban J connectivity index is 1.64. The molecule has 8 heteroatoms. The van der Waals surface area contributed by atoms with E-state index in [2.05, 4.69) is 10.3 Å². The van der Waals surface area contributed by atoms with E-state index in [1.807, 2.05) is 17.5 Å². The van der Waals surface area contributed by atoms with Crippen LogP contribution in [-0.2, 0) is 22.6 Å². The number of thiophene rings is 1. The van der Waals surface area contributed by atoms with Gasteiger partial charge in [-0.25, -0.2) is 9.79 Å². The van der Waals surface area contributed by atoms with Crippen LogP contribution in [0.5, 0.6) is 0 Å². The summed E-state index contributed by atoms with van der Waals surface area (Å²) in [4.78, 5) is 42.7. The Hall–Kier alpha value is -2.51. The standard InChI is InChI=1S/C18H16ClN3O3S/c19-15-6-2-1-4-12(15)11-22-17(24)14(10-21-18(22)25)16(23)20-8-7-13-5-3-9-26-13/h1-6,9-10,14H,7-8,11H2,(H,20,23). The summed E-state index contributed by atoms with van der Waals surface area (Å²) in [6.07, 6.45) is 1.79. The summed E-state index contributed by atoms with van der Waals surface area (Å²) < 4.78 is 0. The molecule has 0 fully saturated rings. The zero-order chi connectivity index (χ0) is 18.5. The molecule has 1 aliphatic heterocycles. The number of nitrogens with one attached hydrogen (secondary N) is 1. The molecule has 1 atom stereocenters. The summed E-state index contributed by atoms with van der Waals surface area (Å²) in [7, 11) is 0. The highest BCUT2D eigenvalue weighted by Gasteiger charge is 2.36. The van der Waals surface area contributed by atoms with Crippen molar-refractivity contribution in [2.24, 2.45) is 10.9 Å².